The summed E-state index contributed by atoms with van der Waals surface area (Å²) in [5, 5.41) is 11.3. The van der Waals surface area contributed by atoms with Crippen LogP contribution in [0.25, 0.3) is 22.8 Å². The van der Waals surface area contributed by atoms with E-state index in [9.17, 15) is 21.6 Å². The fraction of sp³-hybridized carbons (Fsp3) is 0.500. The van der Waals surface area contributed by atoms with E-state index in [-0.39, 0.29) is 17.1 Å². The Hall–Kier alpha value is -3.37. The van der Waals surface area contributed by atoms with Crippen LogP contribution in [-0.4, -0.2) is 97.1 Å². The third-order valence-corrected chi connectivity index (χ3v) is 8.81. The lowest BCUT2D eigenvalue weighted by Gasteiger charge is -2.35. The first-order chi connectivity index (χ1) is 21.3. The lowest BCUT2D eigenvalue weighted by Crippen LogP contribution is -2.44. The van der Waals surface area contributed by atoms with Gasteiger partial charge in [-0.3, -0.25) is 4.90 Å². The van der Waals surface area contributed by atoms with Gasteiger partial charge < -0.3 is 19.3 Å². The van der Waals surface area contributed by atoms with E-state index in [1.807, 2.05) is 12.1 Å². The second-order valence-corrected chi connectivity index (χ2v) is 13.0. The molecule has 2 atom stereocenters. The van der Waals surface area contributed by atoms with E-state index < -0.39 is 22.2 Å². The van der Waals surface area contributed by atoms with Crippen LogP contribution in [0.4, 0.5) is 13.2 Å². The summed E-state index contributed by atoms with van der Waals surface area (Å²) < 4.78 is 71.1. The molecule has 2 aromatic carbocycles. The van der Waals surface area contributed by atoms with Crippen LogP contribution in [0.1, 0.15) is 38.7 Å². The summed E-state index contributed by atoms with van der Waals surface area (Å²) >= 11 is 0. The first-order valence-corrected chi connectivity index (χ1v) is 16.2. The highest BCUT2D eigenvalue weighted by Gasteiger charge is 2.38. The van der Waals surface area contributed by atoms with Gasteiger partial charge in [-0.2, -0.15) is 18.2 Å². The summed E-state index contributed by atoms with van der Waals surface area (Å²) in [5.41, 5.74) is 2.76. The summed E-state index contributed by atoms with van der Waals surface area (Å²) in [5.74, 6) is -1.91. The highest BCUT2D eigenvalue weighted by molar-refractivity contribution is 7.89. The van der Waals surface area contributed by atoms with E-state index in [1.165, 1.54) is 18.4 Å². The van der Waals surface area contributed by atoms with Crippen molar-refractivity contribution in [3.8, 4) is 22.8 Å². The predicted octanol–water partition coefficient (Wildman–Crippen LogP) is 4.41. The van der Waals surface area contributed by atoms with Crippen molar-refractivity contribution >= 4 is 16.0 Å². The Balaban J connectivity index is 0.000000591. The zero-order valence-electron chi connectivity index (χ0n) is 25.2. The van der Waals surface area contributed by atoms with Gasteiger partial charge in [0.15, 0.2) is 0 Å². The molecule has 0 amide bonds. The summed E-state index contributed by atoms with van der Waals surface area (Å²) in [6, 6.07) is 14.7. The van der Waals surface area contributed by atoms with Gasteiger partial charge in [0.1, 0.15) is 0 Å². The third kappa shape index (κ3) is 10.3. The fourth-order valence-electron chi connectivity index (χ4n) is 5.26. The lowest BCUT2D eigenvalue weighted by molar-refractivity contribution is -0.192. The Morgan fingerprint density at radius 1 is 0.978 bits per heavy atom. The average Bonchev–Trinajstić information content (AvgIpc) is 3.68. The number of hydrogen-bond donors (Lipinski definition) is 2. The number of alkyl halides is 3. The second-order valence-electron chi connectivity index (χ2n) is 11.2. The molecule has 1 aromatic heterocycles. The van der Waals surface area contributed by atoms with E-state index >= 15 is 0 Å². The molecule has 2 aliphatic rings. The van der Waals surface area contributed by atoms with Crippen molar-refractivity contribution in [2.75, 3.05) is 39.3 Å². The minimum atomic E-state index is -5.08. The number of sulfonamides is 1. The van der Waals surface area contributed by atoms with Gasteiger partial charge in [0.2, 0.25) is 15.8 Å². The molecule has 45 heavy (non-hydrogen) atoms. The highest BCUT2D eigenvalue weighted by atomic mass is 32.2. The smallest absolute Gasteiger partial charge is 0.475 e. The van der Waals surface area contributed by atoms with Gasteiger partial charge in [-0.05, 0) is 82.6 Å². The molecular formula is C30H38F3N5O6S. The highest BCUT2D eigenvalue weighted by Crippen LogP contribution is 2.24. The molecule has 246 valence electrons. The number of likely N-dealkylation sites (tertiary alicyclic amines) is 1. The molecule has 5 rings (SSSR count). The van der Waals surface area contributed by atoms with Crippen LogP contribution in [0.5, 0.6) is 0 Å². The molecule has 3 aromatic rings. The van der Waals surface area contributed by atoms with Crippen LogP contribution < -0.4 is 4.72 Å². The number of rotatable bonds is 10. The molecule has 11 nitrogen and oxygen atoms in total. The molecule has 0 bridgehead atoms. The van der Waals surface area contributed by atoms with Crippen LogP contribution >= 0.6 is 0 Å². The van der Waals surface area contributed by atoms with Crippen LogP contribution in [0.15, 0.2) is 57.9 Å². The number of halogens is 3. The normalized spacial score (nSPS) is 19.7. The van der Waals surface area contributed by atoms with Crippen LogP contribution in [0, 0.1) is 0 Å². The zero-order chi connectivity index (χ0) is 32.6. The SMILES string of the molecule is CC1CN(Cc2ccc(-c3noc(-c4ccc(S(=O)(=O)NCCCN5CCCC5)cc4)n3)cc2)CC(C)O1.O=C(O)C(F)(F)F. The van der Waals surface area contributed by atoms with Gasteiger partial charge in [0.05, 0.1) is 17.1 Å². The molecule has 2 unspecified atom stereocenters. The summed E-state index contributed by atoms with van der Waals surface area (Å²) in [6.07, 6.45) is -1.33. The van der Waals surface area contributed by atoms with E-state index in [2.05, 4.69) is 50.6 Å². The quantitative estimate of drug-likeness (QED) is 0.303. The topological polar surface area (TPSA) is 138 Å². The van der Waals surface area contributed by atoms with E-state index in [0.717, 1.165) is 51.3 Å². The average molecular weight is 654 g/mol. The van der Waals surface area contributed by atoms with Crippen molar-refractivity contribution in [1.29, 1.82) is 0 Å². The van der Waals surface area contributed by atoms with Gasteiger partial charge >= 0.3 is 12.1 Å². The Kier molecular flexibility index (Phi) is 11.7. The van der Waals surface area contributed by atoms with Crippen molar-refractivity contribution in [2.45, 2.75) is 62.9 Å². The minimum Gasteiger partial charge on any atom is -0.475 e. The van der Waals surface area contributed by atoms with Crippen molar-refractivity contribution in [3.05, 3.63) is 54.1 Å². The van der Waals surface area contributed by atoms with E-state index in [1.54, 1.807) is 24.3 Å². The summed E-state index contributed by atoms with van der Waals surface area (Å²) in [4.78, 5) is 18.4. The van der Waals surface area contributed by atoms with Crippen molar-refractivity contribution in [1.82, 2.24) is 24.7 Å². The van der Waals surface area contributed by atoms with Gasteiger partial charge in [0.25, 0.3) is 5.89 Å². The number of ether oxygens (including phenoxy) is 1. The number of carbonyl (C=O) groups is 1. The molecule has 2 aliphatic heterocycles. The number of nitrogens with zero attached hydrogens (tertiary/aromatic N) is 4. The maximum atomic E-state index is 12.7. The molecule has 0 radical (unpaired) electrons. The van der Waals surface area contributed by atoms with Gasteiger partial charge in [-0.15, -0.1) is 0 Å². The number of benzene rings is 2. The molecule has 0 spiro atoms. The largest absolute Gasteiger partial charge is 0.490 e. The summed E-state index contributed by atoms with van der Waals surface area (Å²) in [6.45, 7) is 10.5. The maximum Gasteiger partial charge on any atom is 0.490 e. The standard InChI is InChI=1S/C28H37N5O4S.C2HF3O2/c1-21-18-33(19-22(2)36-21)20-23-6-8-24(9-7-23)27-30-28(37-31-27)25-10-12-26(13-11-25)38(34,35)29-14-5-17-32-15-3-4-16-32;3-2(4,5)1(6)7/h6-13,21-22,29H,3-5,14-20H2,1-2H3;(H,6,7). The first kappa shape index (κ1) is 34.5. The number of hydrogen-bond acceptors (Lipinski definition) is 9. The Morgan fingerprint density at radius 2 is 1.56 bits per heavy atom. The molecule has 3 heterocycles. The molecule has 0 saturated carbocycles. The molecule has 0 aliphatic carbocycles. The number of aromatic nitrogens is 2. The fourth-order valence-corrected chi connectivity index (χ4v) is 6.34. The molecule has 2 fully saturated rings. The van der Waals surface area contributed by atoms with Crippen LogP contribution in [0.3, 0.4) is 0 Å². The lowest BCUT2D eigenvalue weighted by atomic mass is 10.1. The Labute approximate surface area is 260 Å². The number of nitrogens with one attached hydrogen (secondary N) is 1. The van der Waals surface area contributed by atoms with Crippen molar-refractivity contribution in [2.24, 2.45) is 0 Å². The molecular weight excluding hydrogens is 615 g/mol. The maximum absolute atomic E-state index is 12.7. The monoisotopic (exact) mass is 653 g/mol. The molecule has 2 saturated heterocycles. The van der Waals surface area contributed by atoms with Crippen molar-refractivity contribution < 1.29 is 40.8 Å². The van der Waals surface area contributed by atoms with Crippen LogP contribution in [0.2, 0.25) is 0 Å². The Morgan fingerprint density at radius 3 is 2.13 bits per heavy atom. The molecule has 2 N–H and O–H groups in total. The predicted molar refractivity (Wildman–Crippen MR) is 160 cm³/mol. The Bertz CT molecular complexity index is 1480. The zero-order valence-corrected chi connectivity index (χ0v) is 26.0. The van der Waals surface area contributed by atoms with Crippen molar-refractivity contribution in [3.63, 3.8) is 0 Å². The third-order valence-electron chi connectivity index (χ3n) is 7.34. The number of carboxylic acids is 1. The van der Waals surface area contributed by atoms with E-state index in [4.69, 9.17) is 19.2 Å². The first-order valence-electron chi connectivity index (χ1n) is 14.7. The van der Waals surface area contributed by atoms with E-state index in [0.29, 0.717) is 23.8 Å². The number of carboxylic acid groups (broad SMARTS) is 1. The number of morpholine rings is 1. The summed E-state index contributed by atoms with van der Waals surface area (Å²) in [7, 11) is -3.56. The second kappa shape index (κ2) is 15.3. The van der Waals surface area contributed by atoms with Gasteiger partial charge in [-0.1, -0.05) is 29.4 Å². The number of aliphatic carboxylic acids is 1. The van der Waals surface area contributed by atoms with Gasteiger partial charge in [-0.25, -0.2) is 17.9 Å². The minimum absolute atomic E-state index is 0.224. The molecule has 15 heteroatoms. The van der Waals surface area contributed by atoms with Crippen LogP contribution in [-0.2, 0) is 26.1 Å². The van der Waals surface area contributed by atoms with Gasteiger partial charge in [0, 0.05) is 37.3 Å².